The number of hydrogen-bond donors (Lipinski definition) is 0. The number of unbranched alkanes of at least 4 members (excludes halogenated alkanes) is 1. The average molecular weight is 192 g/mol. The molecule has 1 heteroatoms. The molecular weight excluding hydrogens is 172 g/mol. The third-order valence-corrected chi connectivity index (χ3v) is 2.52. The smallest absolute Gasteiger partial charge is 0.0611 e. The van der Waals surface area contributed by atoms with Gasteiger partial charge in [-0.3, -0.25) is 0 Å². The van der Waals surface area contributed by atoms with Crippen LogP contribution in [0, 0.1) is 0 Å². The van der Waals surface area contributed by atoms with Crippen LogP contribution in [0.1, 0.15) is 31.7 Å². The van der Waals surface area contributed by atoms with E-state index in [-0.39, 0.29) is 0 Å². The molecular formula is C13H20O. The van der Waals surface area contributed by atoms with Gasteiger partial charge in [-0.2, -0.15) is 0 Å². The third kappa shape index (κ3) is 3.93. The van der Waals surface area contributed by atoms with Gasteiger partial charge in [-0.15, -0.1) is 0 Å². The van der Waals surface area contributed by atoms with Crippen LogP contribution in [0.3, 0.4) is 0 Å². The third-order valence-electron chi connectivity index (χ3n) is 2.52. The Morgan fingerprint density at radius 1 is 1.21 bits per heavy atom. The Balaban J connectivity index is 2.40. The first-order chi connectivity index (χ1) is 6.86. The number of ether oxygens (including phenoxy) is 1. The van der Waals surface area contributed by atoms with Gasteiger partial charge in [0.2, 0.25) is 0 Å². The lowest BCUT2D eigenvalue weighted by atomic mass is 10.0. The molecule has 0 bridgehead atoms. The van der Waals surface area contributed by atoms with E-state index in [1.165, 1.54) is 24.8 Å². The molecule has 0 saturated heterocycles. The molecule has 1 aromatic carbocycles. The van der Waals surface area contributed by atoms with Crippen molar-refractivity contribution in [2.45, 2.75) is 38.7 Å². The number of rotatable bonds is 6. The van der Waals surface area contributed by atoms with Crippen LogP contribution in [0.15, 0.2) is 30.3 Å². The average Bonchev–Trinajstić information content (AvgIpc) is 2.25. The zero-order chi connectivity index (χ0) is 10.2. The van der Waals surface area contributed by atoms with Gasteiger partial charge in [0.15, 0.2) is 0 Å². The SMILES string of the molecule is CCCCC(Cc1ccccc1)OC. The van der Waals surface area contributed by atoms with Crippen LogP contribution in [-0.4, -0.2) is 13.2 Å². The van der Waals surface area contributed by atoms with E-state index in [4.69, 9.17) is 4.74 Å². The van der Waals surface area contributed by atoms with E-state index >= 15 is 0 Å². The van der Waals surface area contributed by atoms with Gasteiger partial charge in [-0.05, 0) is 18.4 Å². The molecule has 14 heavy (non-hydrogen) atoms. The first kappa shape index (κ1) is 11.3. The molecule has 0 aliphatic heterocycles. The summed E-state index contributed by atoms with van der Waals surface area (Å²) in [5.41, 5.74) is 1.37. The molecule has 78 valence electrons. The van der Waals surface area contributed by atoms with E-state index in [1.807, 2.05) is 7.11 Å². The summed E-state index contributed by atoms with van der Waals surface area (Å²) in [6.45, 7) is 2.22. The summed E-state index contributed by atoms with van der Waals surface area (Å²) in [6, 6.07) is 10.6. The largest absolute Gasteiger partial charge is 0.381 e. The lowest BCUT2D eigenvalue weighted by Gasteiger charge is -2.14. The van der Waals surface area contributed by atoms with E-state index in [0.29, 0.717) is 6.10 Å². The zero-order valence-corrected chi connectivity index (χ0v) is 9.20. The number of hydrogen-bond acceptors (Lipinski definition) is 1. The van der Waals surface area contributed by atoms with Crippen molar-refractivity contribution in [3.63, 3.8) is 0 Å². The molecule has 1 atom stereocenters. The Bertz CT molecular complexity index is 230. The molecule has 0 aliphatic rings. The Morgan fingerprint density at radius 2 is 1.93 bits per heavy atom. The minimum absolute atomic E-state index is 0.386. The van der Waals surface area contributed by atoms with Gasteiger partial charge in [0.1, 0.15) is 0 Å². The summed E-state index contributed by atoms with van der Waals surface area (Å²) in [5, 5.41) is 0. The standard InChI is InChI=1S/C13H20O/c1-3-4-10-13(14-2)11-12-8-6-5-7-9-12/h5-9,13H,3-4,10-11H2,1-2H3. The van der Waals surface area contributed by atoms with Crippen LogP contribution in [0.4, 0.5) is 0 Å². The maximum absolute atomic E-state index is 5.46. The van der Waals surface area contributed by atoms with Crippen molar-refractivity contribution >= 4 is 0 Å². The molecule has 0 amide bonds. The van der Waals surface area contributed by atoms with Crippen molar-refractivity contribution < 1.29 is 4.74 Å². The molecule has 0 aromatic heterocycles. The van der Waals surface area contributed by atoms with Crippen molar-refractivity contribution in [3.05, 3.63) is 35.9 Å². The van der Waals surface area contributed by atoms with Crippen LogP contribution >= 0.6 is 0 Å². The predicted octanol–water partition coefficient (Wildman–Crippen LogP) is 3.43. The van der Waals surface area contributed by atoms with E-state index < -0.39 is 0 Å². The molecule has 1 aromatic rings. The van der Waals surface area contributed by atoms with Crippen LogP contribution in [-0.2, 0) is 11.2 Å². The van der Waals surface area contributed by atoms with E-state index in [0.717, 1.165) is 6.42 Å². The second-order valence-electron chi connectivity index (χ2n) is 3.69. The first-order valence-electron chi connectivity index (χ1n) is 5.43. The normalized spacial score (nSPS) is 12.7. The molecule has 0 aliphatic carbocycles. The highest BCUT2D eigenvalue weighted by molar-refractivity contribution is 5.15. The molecule has 1 unspecified atom stereocenters. The number of benzene rings is 1. The molecule has 0 N–H and O–H groups in total. The monoisotopic (exact) mass is 192 g/mol. The lowest BCUT2D eigenvalue weighted by molar-refractivity contribution is 0.0936. The molecule has 0 spiro atoms. The highest BCUT2D eigenvalue weighted by Gasteiger charge is 2.06. The minimum Gasteiger partial charge on any atom is -0.381 e. The summed E-state index contributed by atoms with van der Waals surface area (Å²) in [4.78, 5) is 0. The maximum atomic E-state index is 5.46. The Hall–Kier alpha value is -0.820. The van der Waals surface area contributed by atoms with E-state index in [9.17, 15) is 0 Å². The van der Waals surface area contributed by atoms with E-state index in [2.05, 4.69) is 37.3 Å². The summed E-state index contributed by atoms with van der Waals surface area (Å²) >= 11 is 0. The molecule has 0 saturated carbocycles. The minimum atomic E-state index is 0.386. The first-order valence-corrected chi connectivity index (χ1v) is 5.43. The predicted molar refractivity (Wildman–Crippen MR) is 60.5 cm³/mol. The van der Waals surface area contributed by atoms with Crippen molar-refractivity contribution in [1.29, 1.82) is 0 Å². The lowest BCUT2D eigenvalue weighted by Crippen LogP contribution is -2.13. The second-order valence-corrected chi connectivity index (χ2v) is 3.69. The van der Waals surface area contributed by atoms with Gasteiger partial charge < -0.3 is 4.74 Å². The molecule has 1 nitrogen and oxygen atoms in total. The van der Waals surface area contributed by atoms with Crippen LogP contribution < -0.4 is 0 Å². The van der Waals surface area contributed by atoms with Gasteiger partial charge in [0, 0.05) is 7.11 Å². The van der Waals surface area contributed by atoms with Crippen LogP contribution in [0.2, 0.25) is 0 Å². The van der Waals surface area contributed by atoms with Gasteiger partial charge in [-0.1, -0.05) is 50.1 Å². The quantitative estimate of drug-likeness (QED) is 0.671. The van der Waals surface area contributed by atoms with Gasteiger partial charge >= 0.3 is 0 Å². The van der Waals surface area contributed by atoms with Crippen molar-refractivity contribution in [3.8, 4) is 0 Å². The Kier molecular flexibility index (Phi) is 5.31. The van der Waals surface area contributed by atoms with Gasteiger partial charge in [-0.25, -0.2) is 0 Å². The fraction of sp³-hybridized carbons (Fsp3) is 0.538. The summed E-state index contributed by atoms with van der Waals surface area (Å²) in [5.74, 6) is 0. The van der Waals surface area contributed by atoms with Crippen molar-refractivity contribution in [2.75, 3.05) is 7.11 Å². The molecule has 0 fully saturated rings. The fourth-order valence-corrected chi connectivity index (χ4v) is 1.61. The van der Waals surface area contributed by atoms with Crippen molar-refractivity contribution in [1.82, 2.24) is 0 Å². The highest BCUT2D eigenvalue weighted by atomic mass is 16.5. The van der Waals surface area contributed by atoms with E-state index in [1.54, 1.807) is 0 Å². The topological polar surface area (TPSA) is 9.23 Å². The van der Waals surface area contributed by atoms with Crippen LogP contribution in [0.5, 0.6) is 0 Å². The van der Waals surface area contributed by atoms with Crippen LogP contribution in [0.25, 0.3) is 0 Å². The van der Waals surface area contributed by atoms with Gasteiger partial charge in [0.05, 0.1) is 6.10 Å². The highest BCUT2D eigenvalue weighted by Crippen LogP contribution is 2.11. The Morgan fingerprint density at radius 3 is 2.50 bits per heavy atom. The maximum Gasteiger partial charge on any atom is 0.0611 e. The summed E-state index contributed by atoms with van der Waals surface area (Å²) < 4.78 is 5.46. The molecule has 1 rings (SSSR count). The second kappa shape index (κ2) is 6.61. The molecule has 0 heterocycles. The fourth-order valence-electron chi connectivity index (χ4n) is 1.61. The molecule has 0 radical (unpaired) electrons. The summed E-state index contributed by atoms with van der Waals surface area (Å²) in [7, 11) is 1.81. The Labute approximate surface area is 87.1 Å². The van der Waals surface area contributed by atoms with Crippen molar-refractivity contribution in [2.24, 2.45) is 0 Å². The van der Waals surface area contributed by atoms with Gasteiger partial charge in [0.25, 0.3) is 0 Å². The summed E-state index contributed by atoms with van der Waals surface area (Å²) in [6.07, 6.45) is 5.09. The zero-order valence-electron chi connectivity index (χ0n) is 9.20. The number of methoxy groups -OCH3 is 1.